The van der Waals surface area contributed by atoms with Crippen molar-refractivity contribution in [2.75, 3.05) is 7.05 Å². The highest BCUT2D eigenvalue weighted by Crippen LogP contribution is 2.38. The number of hydrogen-bond donors (Lipinski definition) is 2. The van der Waals surface area contributed by atoms with Crippen LogP contribution in [0.2, 0.25) is 0 Å². The van der Waals surface area contributed by atoms with Crippen molar-refractivity contribution in [1.82, 2.24) is 5.32 Å². The molecule has 4 aromatic rings. The Balaban J connectivity index is 2.00. The van der Waals surface area contributed by atoms with Gasteiger partial charge in [0, 0.05) is 18.0 Å². The molecule has 4 rings (SSSR count). The lowest BCUT2D eigenvalue weighted by molar-refractivity contribution is 0.0696. The number of carboxylic acid groups (broad SMARTS) is 1. The molecule has 1 aromatic heterocycles. The molecule has 5 nitrogen and oxygen atoms in total. The number of furan rings is 1. The molecule has 0 unspecified atom stereocenters. The van der Waals surface area contributed by atoms with Crippen LogP contribution in [0.4, 0.5) is 0 Å². The molecule has 0 spiro atoms. The molecule has 0 aliphatic rings. The number of rotatable bonds is 5. The van der Waals surface area contributed by atoms with Crippen molar-refractivity contribution >= 4 is 22.8 Å². The summed E-state index contributed by atoms with van der Waals surface area (Å²) < 4.78 is 6.19. The minimum atomic E-state index is -0.975. The van der Waals surface area contributed by atoms with Crippen LogP contribution >= 0.6 is 0 Å². The van der Waals surface area contributed by atoms with Crippen LogP contribution < -0.4 is 5.32 Å². The van der Waals surface area contributed by atoms with Crippen molar-refractivity contribution in [2.24, 2.45) is 0 Å². The highest BCUT2D eigenvalue weighted by atomic mass is 16.4. The number of carbonyl (C=O) groups is 2. The van der Waals surface area contributed by atoms with E-state index in [0.29, 0.717) is 22.3 Å². The normalized spacial score (nSPS) is 10.9. The second kappa shape index (κ2) is 8.11. The molecule has 5 heteroatoms. The summed E-state index contributed by atoms with van der Waals surface area (Å²) in [6.07, 6.45) is 0.735. The Labute approximate surface area is 180 Å². The van der Waals surface area contributed by atoms with Gasteiger partial charge in [0.25, 0.3) is 5.91 Å². The van der Waals surface area contributed by atoms with Crippen molar-refractivity contribution in [3.8, 4) is 22.5 Å². The van der Waals surface area contributed by atoms with Gasteiger partial charge in [-0.3, -0.25) is 4.79 Å². The van der Waals surface area contributed by atoms with Crippen LogP contribution in [-0.2, 0) is 6.42 Å². The summed E-state index contributed by atoms with van der Waals surface area (Å²) in [5.41, 5.74) is 5.97. The molecule has 0 saturated heterocycles. The average Bonchev–Trinajstić information content (AvgIpc) is 3.16. The summed E-state index contributed by atoms with van der Waals surface area (Å²) in [6.45, 7) is 4.04. The Morgan fingerprint density at radius 2 is 1.74 bits per heavy atom. The minimum absolute atomic E-state index is 0.221. The van der Waals surface area contributed by atoms with Gasteiger partial charge in [-0.25, -0.2) is 4.79 Å². The summed E-state index contributed by atoms with van der Waals surface area (Å²) in [4.78, 5) is 24.3. The first-order chi connectivity index (χ1) is 14.9. The van der Waals surface area contributed by atoms with Crippen LogP contribution in [0, 0.1) is 6.92 Å². The Hall–Kier alpha value is -3.86. The zero-order valence-corrected chi connectivity index (χ0v) is 17.7. The van der Waals surface area contributed by atoms with Gasteiger partial charge >= 0.3 is 5.97 Å². The molecule has 31 heavy (non-hydrogen) atoms. The first-order valence-electron chi connectivity index (χ1n) is 10.1. The molecular formula is C26H23NO4. The maximum atomic E-state index is 12.8. The zero-order valence-electron chi connectivity index (χ0n) is 17.7. The fourth-order valence-corrected chi connectivity index (χ4v) is 3.82. The van der Waals surface area contributed by atoms with E-state index in [1.54, 1.807) is 25.2 Å². The third-order valence-corrected chi connectivity index (χ3v) is 5.48. The molecule has 0 aliphatic carbocycles. The summed E-state index contributed by atoms with van der Waals surface area (Å²) in [6, 6.07) is 18.6. The van der Waals surface area contributed by atoms with Gasteiger partial charge in [0.05, 0.1) is 11.1 Å². The van der Waals surface area contributed by atoms with Crippen LogP contribution in [0.5, 0.6) is 0 Å². The fourth-order valence-electron chi connectivity index (χ4n) is 3.82. The molecule has 0 saturated carbocycles. The maximum Gasteiger partial charge on any atom is 0.335 e. The molecule has 2 N–H and O–H groups in total. The van der Waals surface area contributed by atoms with E-state index in [9.17, 15) is 14.7 Å². The average molecular weight is 413 g/mol. The predicted octanol–water partition coefficient (Wildman–Crippen LogP) is 5.70. The molecule has 1 heterocycles. The summed E-state index contributed by atoms with van der Waals surface area (Å²) in [5.74, 6) is -0.686. The van der Waals surface area contributed by atoms with E-state index in [-0.39, 0.29) is 11.5 Å². The highest BCUT2D eigenvalue weighted by Gasteiger charge is 2.23. The van der Waals surface area contributed by atoms with E-state index in [1.807, 2.05) is 56.3 Å². The topological polar surface area (TPSA) is 79.5 Å². The minimum Gasteiger partial charge on any atom is -0.478 e. The van der Waals surface area contributed by atoms with Gasteiger partial charge in [-0.1, -0.05) is 48.9 Å². The van der Waals surface area contributed by atoms with Gasteiger partial charge in [0.1, 0.15) is 11.3 Å². The van der Waals surface area contributed by atoms with Crippen molar-refractivity contribution in [2.45, 2.75) is 20.3 Å². The Morgan fingerprint density at radius 3 is 2.39 bits per heavy atom. The second-order valence-corrected chi connectivity index (χ2v) is 7.50. The van der Waals surface area contributed by atoms with Gasteiger partial charge in [-0.2, -0.15) is 0 Å². The van der Waals surface area contributed by atoms with E-state index in [1.165, 1.54) is 0 Å². The van der Waals surface area contributed by atoms with Crippen LogP contribution in [0.1, 0.15) is 38.8 Å². The SMILES string of the molecule is CCc1cc2oc(-c3ccc(C)cc3)c(C(=O)NC)c2cc1-c1cccc(C(=O)O)c1. The molecule has 0 bridgehead atoms. The zero-order chi connectivity index (χ0) is 22.1. The molecule has 156 valence electrons. The van der Waals surface area contributed by atoms with Gasteiger partial charge < -0.3 is 14.8 Å². The van der Waals surface area contributed by atoms with E-state index in [4.69, 9.17) is 4.42 Å². The van der Waals surface area contributed by atoms with Gasteiger partial charge in [0.15, 0.2) is 0 Å². The van der Waals surface area contributed by atoms with Gasteiger partial charge in [-0.15, -0.1) is 0 Å². The predicted molar refractivity (Wildman–Crippen MR) is 122 cm³/mol. The molecular weight excluding hydrogens is 390 g/mol. The molecule has 1 amide bonds. The monoisotopic (exact) mass is 413 g/mol. The van der Waals surface area contributed by atoms with Gasteiger partial charge in [-0.05, 0) is 54.3 Å². The van der Waals surface area contributed by atoms with E-state index >= 15 is 0 Å². The second-order valence-electron chi connectivity index (χ2n) is 7.50. The standard InChI is InChI=1S/C26H23NO4/c1-4-16-13-22-21(14-20(16)18-6-5-7-19(12-18)26(29)30)23(25(28)27-3)24(31-22)17-10-8-15(2)9-11-17/h5-14H,4H2,1-3H3,(H,27,28)(H,29,30). The van der Waals surface area contributed by atoms with Crippen molar-refractivity contribution in [3.05, 3.63) is 82.9 Å². The van der Waals surface area contributed by atoms with Crippen LogP contribution in [0.15, 0.2) is 65.1 Å². The quantitative estimate of drug-likeness (QED) is 0.440. The maximum absolute atomic E-state index is 12.8. The van der Waals surface area contributed by atoms with Gasteiger partial charge in [0.2, 0.25) is 0 Å². The van der Waals surface area contributed by atoms with Crippen LogP contribution in [0.25, 0.3) is 33.4 Å². The van der Waals surface area contributed by atoms with Crippen molar-refractivity contribution < 1.29 is 19.1 Å². The number of fused-ring (bicyclic) bond motifs is 1. The fraction of sp³-hybridized carbons (Fsp3) is 0.154. The first kappa shape index (κ1) is 20.4. The number of hydrogen-bond acceptors (Lipinski definition) is 3. The number of nitrogens with one attached hydrogen (secondary N) is 1. The Morgan fingerprint density at radius 1 is 1.00 bits per heavy atom. The molecule has 0 atom stereocenters. The highest BCUT2D eigenvalue weighted by molar-refractivity contribution is 6.12. The van der Waals surface area contributed by atoms with Crippen molar-refractivity contribution in [1.29, 1.82) is 0 Å². The van der Waals surface area contributed by atoms with Crippen LogP contribution in [-0.4, -0.2) is 24.0 Å². The third-order valence-electron chi connectivity index (χ3n) is 5.48. The van der Waals surface area contributed by atoms with E-state index in [2.05, 4.69) is 5.32 Å². The Kier molecular flexibility index (Phi) is 5.34. The first-order valence-corrected chi connectivity index (χ1v) is 10.1. The summed E-state index contributed by atoms with van der Waals surface area (Å²) in [5, 5.41) is 12.8. The number of benzene rings is 3. The molecule has 0 fully saturated rings. The van der Waals surface area contributed by atoms with E-state index < -0.39 is 5.97 Å². The third kappa shape index (κ3) is 3.70. The number of carbonyl (C=O) groups excluding carboxylic acids is 1. The lowest BCUT2D eigenvalue weighted by atomic mass is 9.93. The lowest BCUT2D eigenvalue weighted by Gasteiger charge is -2.10. The largest absolute Gasteiger partial charge is 0.478 e. The molecule has 3 aromatic carbocycles. The lowest BCUT2D eigenvalue weighted by Crippen LogP contribution is -2.18. The number of aromatic carboxylic acids is 1. The molecule has 0 radical (unpaired) electrons. The summed E-state index contributed by atoms with van der Waals surface area (Å²) >= 11 is 0. The number of carboxylic acids is 1. The van der Waals surface area contributed by atoms with E-state index in [0.717, 1.165) is 34.2 Å². The number of aryl methyl sites for hydroxylation is 2. The summed E-state index contributed by atoms with van der Waals surface area (Å²) in [7, 11) is 1.59. The smallest absolute Gasteiger partial charge is 0.335 e. The number of amides is 1. The van der Waals surface area contributed by atoms with Crippen molar-refractivity contribution in [3.63, 3.8) is 0 Å². The Bertz CT molecular complexity index is 1300. The molecule has 0 aliphatic heterocycles. The van der Waals surface area contributed by atoms with Crippen LogP contribution in [0.3, 0.4) is 0 Å².